The zero-order chi connectivity index (χ0) is 23.4. The zero-order valence-corrected chi connectivity index (χ0v) is 20.3. The molecule has 0 unspecified atom stereocenters. The Bertz CT molecular complexity index is 1100. The number of carbonyl (C=O) groups excluding carboxylic acids is 1. The van der Waals surface area contributed by atoms with Crippen molar-refractivity contribution in [3.63, 3.8) is 0 Å². The third-order valence-electron chi connectivity index (χ3n) is 5.44. The van der Waals surface area contributed by atoms with Gasteiger partial charge in [0.1, 0.15) is 17.2 Å². The Morgan fingerprint density at radius 3 is 2.70 bits per heavy atom. The fourth-order valence-electron chi connectivity index (χ4n) is 3.73. The minimum absolute atomic E-state index is 0.223. The lowest BCUT2D eigenvalue weighted by atomic mass is 9.97. The first-order valence-electron chi connectivity index (χ1n) is 11.1. The number of amides is 1. The van der Waals surface area contributed by atoms with Gasteiger partial charge in [-0.1, -0.05) is 11.8 Å². The fraction of sp³-hybridized carbons (Fsp3) is 0.478. The number of carbonyl (C=O) groups is 1. The molecule has 9 nitrogen and oxygen atoms in total. The summed E-state index contributed by atoms with van der Waals surface area (Å²) in [7, 11) is 0. The summed E-state index contributed by atoms with van der Waals surface area (Å²) in [6, 6.07) is 7.94. The lowest BCUT2D eigenvalue weighted by Gasteiger charge is -2.33. The molecule has 1 amide bonds. The van der Waals surface area contributed by atoms with Gasteiger partial charge in [0.2, 0.25) is 0 Å². The van der Waals surface area contributed by atoms with Crippen LogP contribution in [0.15, 0.2) is 35.6 Å². The molecule has 1 aliphatic rings. The van der Waals surface area contributed by atoms with Crippen LogP contribution >= 0.6 is 11.8 Å². The third-order valence-corrected chi connectivity index (χ3v) is 5.99. The molecule has 33 heavy (non-hydrogen) atoms. The average molecular weight is 470 g/mol. The summed E-state index contributed by atoms with van der Waals surface area (Å²) < 4.78 is 5.49. The van der Waals surface area contributed by atoms with Gasteiger partial charge in [-0.05, 0) is 64.0 Å². The normalized spacial score (nSPS) is 15.0. The number of anilines is 3. The van der Waals surface area contributed by atoms with E-state index in [2.05, 4.69) is 30.8 Å². The highest BCUT2D eigenvalue weighted by molar-refractivity contribution is 7.98. The molecule has 2 aromatic heterocycles. The summed E-state index contributed by atoms with van der Waals surface area (Å²) in [5, 5.41) is 15.6. The van der Waals surface area contributed by atoms with E-state index in [1.54, 1.807) is 11.1 Å². The van der Waals surface area contributed by atoms with Crippen molar-refractivity contribution in [2.75, 3.05) is 36.5 Å². The van der Waals surface area contributed by atoms with Crippen molar-refractivity contribution in [1.29, 1.82) is 0 Å². The predicted molar refractivity (Wildman–Crippen MR) is 132 cm³/mol. The standard InChI is InChI=1S/C23H31N7O2S/c1-23(2,3)32-22(31)30-9-7-15(8-10-30)13-24-19-12-20(28-21(27-19)33-4)26-17-5-6-18-16(11-17)14-25-29-18/h5-6,11-12,14-15H,7-10,13H2,1-4H3,(H,25,29)(H2,24,26,27,28). The van der Waals surface area contributed by atoms with Gasteiger partial charge in [-0.25, -0.2) is 14.8 Å². The van der Waals surface area contributed by atoms with E-state index < -0.39 is 5.60 Å². The van der Waals surface area contributed by atoms with Crippen molar-refractivity contribution in [2.45, 2.75) is 44.4 Å². The number of H-pyrrole nitrogens is 1. The smallest absolute Gasteiger partial charge is 0.410 e. The van der Waals surface area contributed by atoms with Crippen molar-refractivity contribution in [2.24, 2.45) is 5.92 Å². The topological polar surface area (TPSA) is 108 Å². The Labute approximate surface area is 198 Å². The minimum Gasteiger partial charge on any atom is -0.444 e. The van der Waals surface area contributed by atoms with Crippen LogP contribution in [-0.4, -0.2) is 62.6 Å². The number of benzene rings is 1. The predicted octanol–water partition coefficient (Wildman–Crippen LogP) is 4.88. The van der Waals surface area contributed by atoms with Crippen molar-refractivity contribution >= 4 is 46.1 Å². The van der Waals surface area contributed by atoms with Gasteiger partial charge in [-0.3, -0.25) is 5.10 Å². The number of thioether (sulfide) groups is 1. The van der Waals surface area contributed by atoms with Gasteiger partial charge in [0.25, 0.3) is 0 Å². The molecule has 3 heterocycles. The molecule has 0 radical (unpaired) electrons. The first kappa shape index (κ1) is 23.2. The Hall–Kier alpha value is -3.01. The van der Waals surface area contributed by atoms with E-state index in [-0.39, 0.29) is 6.09 Å². The number of nitrogens with zero attached hydrogens (tertiary/aromatic N) is 4. The number of rotatable bonds is 6. The van der Waals surface area contributed by atoms with Gasteiger partial charge < -0.3 is 20.3 Å². The molecule has 1 fully saturated rings. The number of likely N-dealkylation sites (tertiary alicyclic amines) is 1. The molecule has 0 atom stereocenters. The molecule has 10 heteroatoms. The molecular formula is C23H31N7O2S. The number of fused-ring (bicyclic) bond motifs is 1. The number of piperidine rings is 1. The van der Waals surface area contributed by atoms with Crippen molar-refractivity contribution < 1.29 is 9.53 Å². The van der Waals surface area contributed by atoms with Gasteiger partial charge in [-0.2, -0.15) is 5.10 Å². The van der Waals surface area contributed by atoms with Crippen LogP contribution in [0.1, 0.15) is 33.6 Å². The molecule has 4 rings (SSSR count). The first-order chi connectivity index (χ1) is 15.8. The van der Waals surface area contributed by atoms with Gasteiger partial charge >= 0.3 is 6.09 Å². The molecule has 176 valence electrons. The summed E-state index contributed by atoms with van der Waals surface area (Å²) in [5.74, 6) is 1.99. The third kappa shape index (κ3) is 6.28. The largest absolute Gasteiger partial charge is 0.444 e. The van der Waals surface area contributed by atoms with Crippen LogP contribution in [0.2, 0.25) is 0 Å². The second-order valence-electron chi connectivity index (χ2n) is 9.21. The van der Waals surface area contributed by atoms with Gasteiger partial charge in [0.05, 0.1) is 11.7 Å². The highest BCUT2D eigenvalue weighted by Crippen LogP contribution is 2.25. The summed E-state index contributed by atoms with van der Waals surface area (Å²) in [5.41, 5.74) is 1.47. The van der Waals surface area contributed by atoms with E-state index in [4.69, 9.17) is 4.74 Å². The fourth-order valence-corrected chi connectivity index (χ4v) is 4.11. The molecule has 0 bridgehead atoms. The van der Waals surface area contributed by atoms with Crippen LogP contribution in [0.4, 0.5) is 22.1 Å². The zero-order valence-electron chi connectivity index (χ0n) is 19.5. The minimum atomic E-state index is -0.465. The van der Waals surface area contributed by atoms with Gasteiger partial charge in [0, 0.05) is 36.8 Å². The van der Waals surface area contributed by atoms with Crippen molar-refractivity contribution in [3.05, 3.63) is 30.5 Å². The second-order valence-corrected chi connectivity index (χ2v) is 9.99. The van der Waals surface area contributed by atoms with E-state index >= 15 is 0 Å². The Kier molecular flexibility index (Phi) is 6.92. The Balaban J connectivity index is 1.34. The van der Waals surface area contributed by atoms with Gasteiger partial charge in [-0.15, -0.1) is 0 Å². The number of hydrogen-bond donors (Lipinski definition) is 3. The molecule has 1 saturated heterocycles. The number of aromatic nitrogens is 4. The van der Waals surface area contributed by atoms with Crippen molar-refractivity contribution in [3.8, 4) is 0 Å². The Morgan fingerprint density at radius 1 is 1.21 bits per heavy atom. The van der Waals surface area contributed by atoms with Crippen LogP contribution in [-0.2, 0) is 4.74 Å². The van der Waals surface area contributed by atoms with Crippen LogP contribution in [0, 0.1) is 5.92 Å². The Morgan fingerprint density at radius 2 is 1.97 bits per heavy atom. The van der Waals surface area contributed by atoms with E-state index in [1.807, 2.05) is 51.3 Å². The maximum absolute atomic E-state index is 12.3. The van der Waals surface area contributed by atoms with Crippen LogP contribution in [0.25, 0.3) is 10.9 Å². The number of hydrogen-bond acceptors (Lipinski definition) is 8. The quantitative estimate of drug-likeness (QED) is 0.346. The van der Waals surface area contributed by atoms with Crippen LogP contribution in [0.5, 0.6) is 0 Å². The summed E-state index contributed by atoms with van der Waals surface area (Å²) in [4.78, 5) is 23.3. The van der Waals surface area contributed by atoms with E-state index in [1.165, 1.54) is 11.8 Å². The van der Waals surface area contributed by atoms with Crippen LogP contribution in [0.3, 0.4) is 0 Å². The molecule has 3 N–H and O–H groups in total. The average Bonchev–Trinajstić information content (AvgIpc) is 3.24. The molecule has 0 aliphatic carbocycles. The molecule has 1 aromatic carbocycles. The maximum Gasteiger partial charge on any atom is 0.410 e. The molecule has 3 aromatic rings. The van der Waals surface area contributed by atoms with Gasteiger partial charge in [0.15, 0.2) is 5.16 Å². The lowest BCUT2D eigenvalue weighted by Crippen LogP contribution is -2.42. The molecule has 1 aliphatic heterocycles. The maximum atomic E-state index is 12.3. The highest BCUT2D eigenvalue weighted by atomic mass is 32.2. The summed E-state index contributed by atoms with van der Waals surface area (Å²) in [6.45, 7) is 7.91. The number of ether oxygens (including phenoxy) is 1. The van der Waals surface area contributed by atoms with E-state index in [0.29, 0.717) is 24.2 Å². The molecular weight excluding hydrogens is 438 g/mol. The monoisotopic (exact) mass is 469 g/mol. The lowest BCUT2D eigenvalue weighted by molar-refractivity contribution is 0.0188. The van der Waals surface area contributed by atoms with Crippen molar-refractivity contribution in [1.82, 2.24) is 25.1 Å². The number of nitrogens with one attached hydrogen (secondary N) is 3. The summed E-state index contributed by atoms with van der Waals surface area (Å²) >= 11 is 1.51. The van der Waals surface area contributed by atoms with E-state index in [0.717, 1.165) is 47.6 Å². The summed E-state index contributed by atoms with van der Waals surface area (Å²) in [6.07, 6.45) is 5.41. The molecule has 0 saturated carbocycles. The van der Waals surface area contributed by atoms with Crippen LogP contribution < -0.4 is 10.6 Å². The first-order valence-corrected chi connectivity index (χ1v) is 12.4. The van der Waals surface area contributed by atoms with E-state index in [9.17, 15) is 4.79 Å². The molecule has 0 spiro atoms. The number of aromatic amines is 1. The highest BCUT2D eigenvalue weighted by Gasteiger charge is 2.26. The SMILES string of the molecule is CSc1nc(NCC2CCN(C(=O)OC(C)(C)C)CC2)cc(Nc2ccc3[nH]ncc3c2)n1. The second kappa shape index (κ2) is 9.86.